The lowest BCUT2D eigenvalue weighted by molar-refractivity contribution is -0.0618. The zero-order valence-electron chi connectivity index (χ0n) is 13.1. The highest BCUT2D eigenvalue weighted by Crippen LogP contribution is 2.62. The van der Waals surface area contributed by atoms with Crippen molar-refractivity contribution >= 4 is 27.3 Å². The van der Waals surface area contributed by atoms with Crippen molar-refractivity contribution in [1.29, 1.82) is 0 Å². The molecule has 1 aromatic rings. The lowest BCUT2D eigenvalue weighted by Gasteiger charge is -2.57. The molecule has 0 aromatic carbocycles. The SMILES string of the molecule is CNC(CC12CC3CC(CC(C3)C1)C2)c1cc(C)c(Br)s1. The fourth-order valence-electron chi connectivity index (χ4n) is 5.97. The van der Waals surface area contributed by atoms with E-state index in [9.17, 15) is 0 Å². The van der Waals surface area contributed by atoms with E-state index in [1.165, 1.54) is 39.9 Å². The molecular weight excluding hydrogens is 342 g/mol. The first-order valence-corrected chi connectivity index (χ1v) is 10.1. The van der Waals surface area contributed by atoms with Crippen LogP contribution in [0.1, 0.15) is 61.4 Å². The molecule has 0 aliphatic heterocycles. The maximum Gasteiger partial charge on any atom is 0.0731 e. The molecule has 4 saturated carbocycles. The number of halogens is 1. The Morgan fingerprint density at radius 1 is 1.24 bits per heavy atom. The number of thiophene rings is 1. The van der Waals surface area contributed by atoms with Gasteiger partial charge >= 0.3 is 0 Å². The summed E-state index contributed by atoms with van der Waals surface area (Å²) in [5, 5.41) is 3.62. The van der Waals surface area contributed by atoms with Gasteiger partial charge in [-0.25, -0.2) is 0 Å². The molecule has 0 radical (unpaired) electrons. The fourth-order valence-corrected chi connectivity index (χ4v) is 7.65. The largest absolute Gasteiger partial charge is 0.312 e. The first-order chi connectivity index (χ1) is 10.1. The van der Waals surface area contributed by atoms with Crippen LogP contribution in [-0.4, -0.2) is 7.05 Å². The Balaban J connectivity index is 1.56. The molecule has 5 rings (SSSR count). The zero-order chi connectivity index (χ0) is 14.6. The molecule has 4 aliphatic carbocycles. The van der Waals surface area contributed by atoms with E-state index in [1.807, 2.05) is 11.3 Å². The van der Waals surface area contributed by atoms with Crippen molar-refractivity contribution in [3.8, 4) is 0 Å². The Hall–Kier alpha value is 0.140. The molecule has 4 bridgehead atoms. The molecular formula is C18H26BrNS. The summed E-state index contributed by atoms with van der Waals surface area (Å²) in [6.45, 7) is 2.21. The van der Waals surface area contributed by atoms with E-state index < -0.39 is 0 Å². The van der Waals surface area contributed by atoms with Gasteiger partial charge in [0.05, 0.1) is 3.79 Å². The van der Waals surface area contributed by atoms with E-state index in [2.05, 4.69) is 41.3 Å². The summed E-state index contributed by atoms with van der Waals surface area (Å²) in [4.78, 5) is 1.53. The quantitative estimate of drug-likeness (QED) is 0.720. The van der Waals surface area contributed by atoms with Gasteiger partial charge in [0, 0.05) is 10.9 Å². The van der Waals surface area contributed by atoms with E-state index in [0.29, 0.717) is 11.5 Å². The number of hydrogen-bond donors (Lipinski definition) is 1. The summed E-state index contributed by atoms with van der Waals surface area (Å²) < 4.78 is 1.31. The standard InChI is InChI=1S/C18H26BrNS/c1-11-3-16(21-17(11)19)15(20-2)10-18-7-12-4-13(8-18)6-14(5-12)9-18/h3,12-15,20H,4-10H2,1-2H3. The Morgan fingerprint density at radius 2 is 1.81 bits per heavy atom. The summed E-state index contributed by atoms with van der Waals surface area (Å²) in [6.07, 6.45) is 10.6. The van der Waals surface area contributed by atoms with Crippen molar-refractivity contribution < 1.29 is 0 Å². The maximum atomic E-state index is 3.70. The topological polar surface area (TPSA) is 12.0 Å². The van der Waals surface area contributed by atoms with Crippen LogP contribution in [0, 0.1) is 30.1 Å². The molecule has 1 aromatic heterocycles. The number of hydrogen-bond acceptors (Lipinski definition) is 2. The first-order valence-electron chi connectivity index (χ1n) is 8.50. The van der Waals surface area contributed by atoms with Crippen molar-refractivity contribution in [2.75, 3.05) is 7.05 Å². The van der Waals surface area contributed by atoms with Gasteiger partial charge in [-0.2, -0.15) is 0 Å². The van der Waals surface area contributed by atoms with E-state index in [0.717, 1.165) is 17.8 Å². The van der Waals surface area contributed by atoms with Gasteiger partial charge < -0.3 is 5.32 Å². The van der Waals surface area contributed by atoms with E-state index in [-0.39, 0.29) is 0 Å². The molecule has 4 aliphatic rings. The molecule has 116 valence electrons. The highest BCUT2D eigenvalue weighted by molar-refractivity contribution is 9.11. The minimum atomic E-state index is 0.552. The second-order valence-electron chi connectivity index (χ2n) is 8.07. The van der Waals surface area contributed by atoms with Gasteiger partial charge in [-0.1, -0.05) is 0 Å². The van der Waals surface area contributed by atoms with Gasteiger partial charge in [-0.05, 0) is 110 Å². The Morgan fingerprint density at radius 3 is 2.24 bits per heavy atom. The van der Waals surface area contributed by atoms with Crippen LogP contribution in [0.3, 0.4) is 0 Å². The van der Waals surface area contributed by atoms with Crippen LogP contribution in [0.5, 0.6) is 0 Å². The predicted molar refractivity (Wildman–Crippen MR) is 93.8 cm³/mol. The molecule has 0 spiro atoms. The second kappa shape index (κ2) is 5.35. The van der Waals surface area contributed by atoms with Crippen molar-refractivity contribution in [3.05, 3.63) is 20.3 Å². The van der Waals surface area contributed by atoms with E-state index in [4.69, 9.17) is 0 Å². The summed E-state index contributed by atoms with van der Waals surface area (Å²) in [5.41, 5.74) is 2.05. The second-order valence-corrected chi connectivity index (χ2v) is 10.5. The summed E-state index contributed by atoms with van der Waals surface area (Å²) in [6, 6.07) is 2.94. The van der Waals surface area contributed by atoms with Crippen molar-refractivity contribution in [1.82, 2.24) is 5.32 Å². The van der Waals surface area contributed by atoms with Crippen LogP contribution >= 0.6 is 27.3 Å². The average Bonchev–Trinajstić information content (AvgIpc) is 2.74. The van der Waals surface area contributed by atoms with Crippen LogP contribution in [0.15, 0.2) is 9.85 Å². The highest BCUT2D eigenvalue weighted by Gasteiger charge is 2.51. The first kappa shape index (κ1) is 14.7. The monoisotopic (exact) mass is 367 g/mol. The van der Waals surface area contributed by atoms with Gasteiger partial charge in [0.1, 0.15) is 0 Å². The van der Waals surface area contributed by atoms with Crippen LogP contribution in [0.25, 0.3) is 0 Å². The van der Waals surface area contributed by atoms with Crippen LogP contribution < -0.4 is 5.32 Å². The van der Waals surface area contributed by atoms with E-state index >= 15 is 0 Å². The van der Waals surface area contributed by atoms with Crippen molar-refractivity contribution in [2.24, 2.45) is 23.2 Å². The Bertz CT molecular complexity index is 481. The number of rotatable bonds is 4. The predicted octanol–water partition coefficient (Wildman–Crippen LogP) is 5.69. The number of aryl methyl sites for hydroxylation is 1. The molecule has 1 heterocycles. The van der Waals surface area contributed by atoms with Crippen LogP contribution in [0.4, 0.5) is 0 Å². The van der Waals surface area contributed by atoms with Crippen LogP contribution in [0.2, 0.25) is 0 Å². The average molecular weight is 368 g/mol. The molecule has 1 atom stereocenters. The normalized spacial score (nSPS) is 38.9. The Labute approximate surface area is 141 Å². The fraction of sp³-hybridized carbons (Fsp3) is 0.778. The van der Waals surface area contributed by atoms with Crippen LogP contribution in [-0.2, 0) is 0 Å². The van der Waals surface area contributed by atoms with E-state index in [1.54, 1.807) is 19.3 Å². The summed E-state index contributed by atoms with van der Waals surface area (Å²) >= 11 is 5.63. The molecule has 1 unspecified atom stereocenters. The molecule has 1 nitrogen and oxygen atoms in total. The van der Waals surface area contributed by atoms with Gasteiger partial charge in [-0.15, -0.1) is 11.3 Å². The molecule has 21 heavy (non-hydrogen) atoms. The highest BCUT2D eigenvalue weighted by atomic mass is 79.9. The van der Waals surface area contributed by atoms with Gasteiger partial charge in [0.15, 0.2) is 0 Å². The van der Waals surface area contributed by atoms with Gasteiger partial charge in [0.25, 0.3) is 0 Å². The summed E-state index contributed by atoms with van der Waals surface area (Å²) in [7, 11) is 2.15. The third-order valence-corrected chi connectivity index (χ3v) is 8.62. The minimum absolute atomic E-state index is 0.552. The zero-order valence-corrected chi connectivity index (χ0v) is 15.5. The molecule has 1 N–H and O–H groups in total. The Kier molecular flexibility index (Phi) is 3.75. The third-order valence-electron chi connectivity index (χ3n) is 6.37. The lowest BCUT2D eigenvalue weighted by atomic mass is 9.48. The number of nitrogens with one attached hydrogen (secondary N) is 1. The smallest absolute Gasteiger partial charge is 0.0731 e. The molecule has 4 fully saturated rings. The molecule has 0 amide bonds. The molecule has 3 heteroatoms. The minimum Gasteiger partial charge on any atom is -0.312 e. The maximum absolute atomic E-state index is 3.70. The third kappa shape index (κ3) is 2.64. The molecule has 0 saturated heterocycles. The van der Waals surface area contributed by atoms with Gasteiger partial charge in [-0.3, -0.25) is 0 Å². The van der Waals surface area contributed by atoms with Crippen molar-refractivity contribution in [2.45, 2.75) is 57.9 Å². The lowest BCUT2D eigenvalue weighted by Crippen LogP contribution is -2.47. The van der Waals surface area contributed by atoms with Gasteiger partial charge in [0.2, 0.25) is 0 Å². The summed E-state index contributed by atoms with van der Waals surface area (Å²) in [5.74, 6) is 3.18. The van der Waals surface area contributed by atoms with Crippen molar-refractivity contribution in [3.63, 3.8) is 0 Å².